The van der Waals surface area contributed by atoms with Gasteiger partial charge in [0.2, 0.25) is 0 Å². The Bertz CT molecular complexity index is 67.5. The average Bonchev–Trinajstić information content (AvgIpc) is 1.64. The Morgan fingerprint density at radius 1 is 1.44 bits per heavy atom. The van der Waals surface area contributed by atoms with E-state index in [0.717, 1.165) is 0 Å². The number of hydrogen-bond acceptors (Lipinski definition) is 2. The summed E-state index contributed by atoms with van der Waals surface area (Å²) < 4.78 is 5.47. The van der Waals surface area contributed by atoms with E-state index >= 15 is 0 Å². The molecule has 0 aromatic rings. The van der Waals surface area contributed by atoms with Crippen molar-refractivity contribution in [2.75, 3.05) is 5.94 Å². The Morgan fingerprint density at radius 3 is 2.33 bits per heavy atom. The minimum absolute atomic E-state index is 0.583. The van der Waals surface area contributed by atoms with Crippen molar-refractivity contribution < 1.29 is 4.43 Å². The highest BCUT2D eigenvalue weighted by Crippen LogP contribution is 2.12. The molecule has 0 unspecified atom stereocenters. The summed E-state index contributed by atoms with van der Waals surface area (Å²) in [5.41, 5.74) is 0. The molecule has 0 aromatic heterocycles. The van der Waals surface area contributed by atoms with Crippen LogP contribution in [0.4, 0.5) is 0 Å². The molecule has 0 N–H and O–H groups in total. The van der Waals surface area contributed by atoms with Gasteiger partial charge >= 0.3 is 0 Å². The van der Waals surface area contributed by atoms with Crippen LogP contribution in [0.5, 0.6) is 0 Å². The summed E-state index contributed by atoms with van der Waals surface area (Å²) in [5.74, 6) is 0.583. The smallest absolute Gasteiger partial charge is 0.187 e. The van der Waals surface area contributed by atoms with E-state index in [1.54, 1.807) is 0 Å². The van der Waals surface area contributed by atoms with Crippen LogP contribution in [-0.4, -0.2) is 14.3 Å². The molecule has 0 rings (SSSR count). The van der Waals surface area contributed by atoms with Crippen molar-refractivity contribution in [1.82, 2.24) is 0 Å². The molecule has 0 saturated carbocycles. The second-order valence-corrected chi connectivity index (χ2v) is 7.35. The second kappa shape index (κ2) is 4.36. The van der Waals surface area contributed by atoms with Crippen LogP contribution in [0, 0.1) is 0 Å². The van der Waals surface area contributed by atoms with Crippen molar-refractivity contribution in [2.24, 2.45) is 0 Å². The van der Waals surface area contributed by atoms with Crippen molar-refractivity contribution in [3.05, 3.63) is 0 Å². The van der Waals surface area contributed by atoms with E-state index in [1.807, 2.05) is 0 Å². The van der Waals surface area contributed by atoms with Crippen molar-refractivity contribution >= 4 is 20.9 Å². The number of thiol groups is 1. The van der Waals surface area contributed by atoms with Gasteiger partial charge in [-0.2, -0.15) is 12.6 Å². The largest absolute Gasteiger partial charge is 0.409 e. The lowest BCUT2D eigenvalue weighted by Gasteiger charge is -2.20. The van der Waals surface area contributed by atoms with Gasteiger partial charge in [-0.3, -0.25) is 0 Å². The van der Waals surface area contributed by atoms with Gasteiger partial charge in [-0.25, -0.2) is 0 Å². The van der Waals surface area contributed by atoms with E-state index in [1.165, 1.54) is 12.5 Å². The Morgan fingerprint density at radius 2 is 2.00 bits per heavy atom. The minimum Gasteiger partial charge on any atom is -0.409 e. The molecule has 0 aliphatic heterocycles. The normalized spacial score (nSPS) is 12.0. The lowest BCUT2D eigenvalue weighted by atomic mass is 10.6. The molecular weight excluding hydrogens is 148 g/mol. The maximum Gasteiger partial charge on any atom is 0.187 e. The van der Waals surface area contributed by atoms with Crippen molar-refractivity contribution in [1.29, 1.82) is 0 Å². The molecule has 0 radical (unpaired) electrons. The molecule has 0 aliphatic rings. The second-order valence-electron chi connectivity index (χ2n) is 2.78. The van der Waals surface area contributed by atoms with Gasteiger partial charge < -0.3 is 4.43 Å². The minimum atomic E-state index is -1.28. The summed E-state index contributed by atoms with van der Waals surface area (Å²) in [7, 11) is -1.28. The molecule has 0 bridgehead atoms. The first-order valence-corrected chi connectivity index (χ1v) is 7.12. The standard InChI is InChI=1S/C6H16OSSi/c1-4-5-9(2,3)7-6-8/h8H,4-6H2,1-3H3. The first-order chi connectivity index (χ1) is 4.12. The summed E-state index contributed by atoms with van der Waals surface area (Å²) in [6.07, 6.45) is 1.23. The lowest BCUT2D eigenvalue weighted by Crippen LogP contribution is -2.29. The third-order valence-corrected chi connectivity index (χ3v) is 4.31. The zero-order valence-corrected chi connectivity index (χ0v) is 8.37. The Balaban J connectivity index is 3.43. The quantitative estimate of drug-likeness (QED) is 0.381. The predicted octanol–water partition coefficient (Wildman–Crippen LogP) is 2.51. The van der Waals surface area contributed by atoms with Gasteiger partial charge in [0.1, 0.15) is 0 Å². The van der Waals surface area contributed by atoms with Crippen LogP contribution < -0.4 is 0 Å². The molecule has 56 valence electrons. The number of rotatable bonds is 4. The molecule has 9 heavy (non-hydrogen) atoms. The van der Waals surface area contributed by atoms with Crippen LogP contribution in [-0.2, 0) is 4.43 Å². The van der Waals surface area contributed by atoms with Crippen molar-refractivity contribution in [2.45, 2.75) is 32.5 Å². The third-order valence-electron chi connectivity index (χ3n) is 1.31. The molecule has 0 saturated heterocycles. The Hall–Kier alpha value is 0.527. The SMILES string of the molecule is CCC[Si](C)(C)OCS. The van der Waals surface area contributed by atoms with Gasteiger partial charge in [0.25, 0.3) is 0 Å². The molecule has 0 heterocycles. The van der Waals surface area contributed by atoms with Crippen LogP contribution >= 0.6 is 12.6 Å². The van der Waals surface area contributed by atoms with Crippen LogP contribution in [0.15, 0.2) is 0 Å². The van der Waals surface area contributed by atoms with Gasteiger partial charge in [0.05, 0.1) is 5.94 Å². The van der Waals surface area contributed by atoms with Gasteiger partial charge in [-0.15, -0.1) is 0 Å². The number of hydrogen-bond donors (Lipinski definition) is 1. The highest BCUT2D eigenvalue weighted by Gasteiger charge is 2.19. The maximum atomic E-state index is 5.47. The zero-order chi connectivity index (χ0) is 7.33. The van der Waals surface area contributed by atoms with Gasteiger partial charge in [-0.1, -0.05) is 13.3 Å². The maximum absolute atomic E-state index is 5.47. The van der Waals surface area contributed by atoms with Crippen molar-refractivity contribution in [3.8, 4) is 0 Å². The highest BCUT2D eigenvalue weighted by atomic mass is 32.1. The van der Waals surface area contributed by atoms with Crippen LogP contribution in [0.2, 0.25) is 19.1 Å². The van der Waals surface area contributed by atoms with Crippen molar-refractivity contribution in [3.63, 3.8) is 0 Å². The summed E-state index contributed by atoms with van der Waals surface area (Å²) in [5, 5.41) is 0. The van der Waals surface area contributed by atoms with Gasteiger partial charge in [-0.05, 0) is 19.1 Å². The van der Waals surface area contributed by atoms with Gasteiger partial charge in [0, 0.05) is 0 Å². The van der Waals surface area contributed by atoms with Gasteiger partial charge in [0.15, 0.2) is 8.32 Å². The first-order valence-electron chi connectivity index (χ1n) is 3.37. The van der Waals surface area contributed by atoms with E-state index in [-0.39, 0.29) is 0 Å². The molecular formula is C6H16OSSi. The molecule has 0 aliphatic carbocycles. The van der Waals surface area contributed by atoms with Crippen LogP contribution in [0.25, 0.3) is 0 Å². The third kappa shape index (κ3) is 5.00. The monoisotopic (exact) mass is 164 g/mol. The molecule has 0 atom stereocenters. The molecule has 0 aromatic carbocycles. The van der Waals surface area contributed by atoms with Crippen LogP contribution in [0.3, 0.4) is 0 Å². The average molecular weight is 164 g/mol. The molecule has 3 heteroatoms. The summed E-state index contributed by atoms with van der Waals surface area (Å²) in [4.78, 5) is 0. The fourth-order valence-electron chi connectivity index (χ4n) is 0.849. The van der Waals surface area contributed by atoms with E-state index in [0.29, 0.717) is 5.94 Å². The molecule has 0 spiro atoms. The Labute approximate surface area is 64.3 Å². The van der Waals surface area contributed by atoms with E-state index in [9.17, 15) is 0 Å². The predicted molar refractivity (Wildman–Crippen MR) is 47.5 cm³/mol. The van der Waals surface area contributed by atoms with E-state index in [2.05, 4.69) is 32.6 Å². The first kappa shape index (κ1) is 9.53. The Kier molecular flexibility index (Phi) is 4.61. The molecule has 1 nitrogen and oxygen atoms in total. The molecule has 0 fully saturated rings. The zero-order valence-electron chi connectivity index (χ0n) is 6.48. The summed E-state index contributed by atoms with van der Waals surface area (Å²) in [6.45, 7) is 6.65. The highest BCUT2D eigenvalue weighted by molar-refractivity contribution is 7.80. The van der Waals surface area contributed by atoms with E-state index < -0.39 is 8.32 Å². The van der Waals surface area contributed by atoms with E-state index in [4.69, 9.17) is 4.43 Å². The summed E-state index contributed by atoms with van der Waals surface area (Å²) in [6, 6.07) is 1.24. The fraction of sp³-hybridized carbons (Fsp3) is 1.00. The fourth-order valence-corrected chi connectivity index (χ4v) is 3.60. The summed E-state index contributed by atoms with van der Waals surface area (Å²) >= 11 is 4.02. The topological polar surface area (TPSA) is 9.23 Å². The lowest BCUT2D eigenvalue weighted by molar-refractivity contribution is 0.383. The van der Waals surface area contributed by atoms with Crippen LogP contribution in [0.1, 0.15) is 13.3 Å². The molecule has 0 amide bonds.